The topological polar surface area (TPSA) is 35.2 Å². The Hall–Kier alpha value is -1.80. The molecule has 0 fully saturated rings. The van der Waals surface area contributed by atoms with Crippen molar-refractivity contribution in [2.24, 2.45) is 5.73 Å². The maximum absolute atomic E-state index is 6.18. The summed E-state index contributed by atoms with van der Waals surface area (Å²) in [6.45, 7) is 12.2. The standard InChI is InChI=1S/C23H33NO/c1-6-17-8-10-18(11-9-17)14-19(16-24)21-15-20(23(3,4)5)12-13-22(21)25-7-2/h8-13,15,19H,6-7,14,16,24H2,1-5H3. The van der Waals surface area contributed by atoms with Crippen LogP contribution in [0.3, 0.4) is 0 Å². The lowest BCUT2D eigenvalue weighted by molar-refractivity contribution is 0.333. The van der Waals surface area contributed by atoms with Crippen molar-refractivity contribution in [2.45, 2.75) is 58.8 Å². The minimum atomic E-state index is 0.113. The van der Waals surface area contributed by atoms with E-state index in [9.17, 15) is 0 Å². The van der Waals surface area contributed by atoms with Crippen molar-refractivity contribution in [3.05, 3.63) is 64.7 Å². The van der Waals surface area contributed by atoms with E-state index in [1.54, 1.807) is 0 Å². The summed E-state index contributed by atoms with van der Waals surface area (Å²) in [4.78, 5) is 0. The molecule has 2 rings (SSSR count). The molecule has 0 amide bonds. The highest BCUT2D eigenvalue weighted by atomic mass is 16.5. The molecule has 0 saturated carbocycles. The lowest BCUT2D eigenvalue weighted by Crippen LogP contribution is -2.18. The van der Waals surface area contributed by atoms with Crippen LogP contribution >= 0.6 is 0 Å². The average Bonchev–Trinajstić information content (AvgIpc) is 2.60. The maximum Gasteiger partial charge on any atom is 0.122 e. The summed E-state index contributed by atoms with van der Waals surface area (Å²) in [5, 5.41) is 0. The molecule has 0 aromatic heterocycles. The SMILES string of the molecule is CCOc1ccc(C(C)(C)C)cc1C(CN)Cc1ccc(CC)cc1. The lowest BCUT2D eigenvalue weighted by atomic mass is 9.83. The summed E-state index contributed by atoms with van der Waals surface area (Å²) in [6.07, 6.45) is 2.01. The maximum atomic E-state index is 6.18. The molecule has 136 valence electrons. The monoisotopic (exact) mass is 339 g/mol. The molecule has 2 nitrogen and oxygen atoms in total. The van der Waals surface area contributed by atoms with Crippen molar-refractivity contribution >= 4 is 0 Å². The van der Waals surface area contributed by atoms with Crippen LogP contribution in [-0.4, -0.2) is 13.2 Å². The van der Waals surface area contributed by atoms with Gasteiger partial charge in [-0.1, -0.05) is 64.1 Å². The summed E-state index contributed by atoms with van der Waals surface area (Å²) < 4.78 is 5.91. The third-order valence-corrected chi connectivity index (χ3v) is 4.81. The summed E-state index contributed by atoms with van der Waals surface area (Å²) in [5.41, 5.74) is 11.6. The van der Waals surface area contributed by atoms with Crippen molar-refractivity contribution in [3.63, 3.8) is 0 Å². The fourth-order valence-corrected chi connectivity index (χ4v) is 3.14. The van der Waals surface area contributed by atoms with Gasteiger partial charge in [-0.25, -0.2) is 0 Å². The van der Waals surface area contributed by atoms with Gasteiger partial charge >= 0.3 is 0 Å². The summed E-state index contributed by atoms with van der Waals surface area (Å²) >= 11 is 0. The van der Waals surface area contributed by atoms with Crippen LogP contribution in [-0.2, 0) is 18.3 Å². The molecule has 2 aromatic rings. The van der Waals surface area contributed by atoms with Gasteiger partial charge in [0.2, 0.25) is 0 Å². The number of ether oxygens (including phenoxy) is 1. The molecule has 2 N–H and O–H groups in total. The van der Waals surface area contributed by atoms with Gasteiger partial charge in [0.05, 0.1) is 6.61 Å². The average molecular weight is 340 g/mol. The molecule has 0 saturated heterocycles. The Morgan fingerprint density at radius 2 is 1.60 bits per heavy atom. The molecular weight excluding hydrogens is 306 g/mol. The van der Waals surface area contributed by atoms with Crippen LogP contribution in [0.1, 0.15) is 62.8 Å². The Morgan fingerprint density at radius 3 is 2.12 bits per heavy atom. The number of hydrogen-bond donors (Lipinski definition) is 1. The zero-order valence-corrected chi connectivity index (χ0v) is 16.4. The zero-order chi connectivity index (χ0) is 18.4. The molecular formula is C23H33NO. The molecule has 0 aliphatic rings. The van der Waals surface area contributed by atoms with Crippen LogP contribution < -0.4 is 10.5 Å². The number of rotatable bonds is 7. The molecule has 0 aliphatic carbocycles. The van der Waals surface area contributed by atoms with Gasteiger partial charge in [0.25, 0.3) is 0 Å². The van der Waals surface area contributed by atoms with Gasteiger partial charge in [0.15, 0.2) is 0 Å². The minimum Gasteiger partial charge on any atom is -0.494 e. The van der Waals surface area contributed by atoms with Gasteiger partial charge in [-0.15, -0.1) is 0 Å². The fourth-order valence-electron chi connectivity index (χ4n) is 3.14. The Morgan fingerprint density at radius 1 is 0.960 bits per heavy atom. The predicted molar refractivity (Wildman–Crippen MR) is 108 cm³/mol. The van der Waals surface area contributed by atoms with E-state index in [4.69, 9.17) is 10.5 Å². The highest BCUT2D eigenvalue weighted by Crippen LogP contribution is 2.34. The Labute approximate surface area is 153 Å². The van der Waals surface area contributed by atoms with E-state index in [1.165, 1.54) is 22.3 Å². The first kappa shape index (κ1) is 19.5. The predicted octanol–water partition coefficient (Wildman–Crippen LogP) is 5.23. The Balaban J connectivity index is 2.35. The fraction of sp³-hybridized carbons (Fsp3) is 0.478. The van der Waals surface area contributed by atoms with Gasteiger partial charge < -0.3 is 10.5 Å². The minimum absolute atomic E-state index is 0.113. The first-order valence-electron chi connectivity index (χ1n) is 9.44. The molecule has 0 bridgehead atoms. The summed E-state index contributed by atoms with van der Waals surface area (Å²) in [7, 11) is 0. The molecule has 2 aromatic carbocycles. The van der Waals surface area contributed by atoms with Crippen LogP contribution in [0.25, 0.3) is 0 Å². The second kappa shape index (κ2) is 8.53. The second-order valence-corrected chi connectivity index (χ2v) is 7.74. The number of aryl methyl sites for hydroxylation is 1. The van der Waals surface area contributed by atoms with E-state index in [2.05, 4.69) is 70.2 Å². The molecule has 1 atom stereocenters. The molecule has 2 heteroatoms. The second-order valence-electron chi connectivity index (χ2n) is 7.74. The van der Waals surface area contributed by atoms with Gasteiger partial charge in [-0.3, -0.25) is 0 Å². The van der Waals surface area contributed by atoms with Crippen LogP contribution in [0.2, 0.25) is 0 Å². The molecule has 25 heavy (non-hydrogen) atoms. The highest BCUT2D eigenvalue weighted by molar-refractivity contribution is 5.43. The molecule has 0 spiro atoms. The van der Waals surface area contributed by atoms with Gasteiger partial charge in [0, 0.05) is 5.92 Å². The van der Waals surface area contributed by atoms with E-state index in [-0.39, 0.29) is 11.3 Å². The van der Waals surface area contributed by atoms with Crippen molar-refractivity contribution < 1.29 is 4.74 Å². The number of hydrogen-bond acceptors (Lipinski definition) is 2. The lowest BCUT2D eigenvalue weighted by Gasteiger charge is -2.25. The largest absolute Gasteiger partial charge is 0.494 e. The van der Waals surface area contributed by atoms with E-state index >= 15 is 0 Å². The summed E-state index contributed by atoms with van der Waals surface area (Å²) in [6, 6.07) is 15.5. The van der Waals surface area contributed by atoms with E-state index < -0.39 is 0 Å². The highest BCUT2D eigenvalue weighted by Gasteiger charge is 2.20. The first-order valence-corrected chi connectivity index (χ1v) is 9.44. The number of benzene rings is 2. The summed E-state index contributed by atoms with van der Waals surface area (Å²) in [5.74, 6) is 1.23. The van der Waals surface area contributed by atoms with E-state index in [1.807, 2.05) is 6.92 Å². The van der Waals surface area contributed by atoms with Crippen LogP contribution in [0, 0.1) is 0 Å². The van der Waals surface area contributed by atoms with Crippen LogP contribution in [0.5, 0.6) is 5.75 Å². The quantitative estimate of drug-likeness (QED) is 0.749. The van der Waals surface area contributed by atoms with Crippen LogP contribution in [0.15, 0.2) is 42.5 Å². The Bertz CT molecular complexity index is 667. The van der Waals surface area contributed by atoms with Crippen molar-refractivity contribution in [1.29, 1.82) is 0 Å². The third-order valence-electron chi connectivity index (χ3n) is 4.81. The Kier molecular flexibility index (Phi) is 6.66. The van der Waals surface area contributed by atoms with E-state index in [0.29, 0.717) is 13.2 Å². The molecule has 0 radical (unpaired) electrons. The van der Waals surface area contributed by atoms with Crippen LogP contribution in [0.4, 0.5) is 0 Å². The normalized spacial score (nSPS) is 12.9. The van der Waals surface area contributed by atoms with Crippen molar-refractivity contribution in [3.8, 4) is 5.75 Å². The van der Waals surface area contributed by atoms with Gasteiger partial charge in [-0.2, -0.15) is 0 Å². The third kappa shape index (κ3) is 5.09. The first-order chi connectivity index (χ1) is 11.9. The van der Waals surface area contributed by atoms with Crippen molar-refractivity contribution in [1.82, 2.24) is 0 Å². The zero-order valence-electron chi connectivity index (χ0n) is 16.4. The van der Waals surface area contributed by atoms with E-state index in [0.717, 1.165) is 18.6 Å². The molecule has 1 unspecified atom stereocenters. The molecule has 0 aliphatic heterocycles. The molecule has 0 heterocycles. The van der Waals surface area contributed by atoms with Gasteiger partial charge in [0.1, 0.15) is 5.75 Å². The van der Waals surface area contributed by atoms with Crippen molar-refractivity contribution in [2.75, 3.05) is 13.2 Å². The smallest absolute Gasteiger partial charge is 0.122 e. The number of nitrogens with two attached hydrogens (primary N) is 1. The van der Waals surface area contributed by atoms with Gasteiger partial charge in [-0.05, 0) is 60.0 Å².